The van der Waals surface area contributed by atoms with E-state index in [4.69, 9.17) is 9.47 Å². The average Bonchev–Trinajstić information content (AvgIpc) is 2.49. The van der Waals surface area contributed by atoms with E-state index in [1.165, 1.54) is 5.56 Å². The lowest BCUT2D eigenvalue weighted by Crippen LogP contribution is -2.43. The van der Waals surface area contributed by atoms with Crippen LogP contribution in [-0.4, -0.2) is 49.0 Å². The molecule has 1 aliphatic rings. The summed E-state index contributed by atoms with van der Waals surface area (Å²) in [5, 5.41) is 10.3. The fourth-order valence-corrected chi connectivity index (χ4v) is 3.08. The second-order valence-corrected chi connectivity index (χ2v) is 6.37. The highest BCUT2D eigenvalue weighted by Crippen LogP contribution is 2.31. The van der Waals surface area contributed by atoms with Crippen molar-refractivity contribution in [3.63, 3.8) is 0 Å². The van der Waals surface area contributed by atoms with E-state index in [1.807, 2.05) is 19.9 Å². The molecule has 1 aromatic rings. The number of piperidine rings is 1. The van der Waals surface area contributed by atoms with Crippen molar-refractivity contribution in [3.05, 3.63) is 23.8 Å². The summed E-state index contributed by atoms with van der Waals surface area (Å²) < 4.78 is 11.2. The second kappa shape index (κ2) is 7.84. The molecule has 4 heteroatoms. The van der Waals surface area contributed by atoms with Crippen LogP contribution in [0.2, 0.25) is 0 Å². The molecule has 0 radical (unpaired) electrons. The molecule has 1 fully saturated rings. The van der Waals surface area contributed by atoms with Crippen LogP contribution in [-0.2, 0) is 6.42 Å². The highest BCUT2D eigenvalue weighted by molar-refractivity contribution is 5.43. The van der Waals surface area contributed by atoms with E-state index in [2.05, 4.69) is 24.0 Å². The van der Waals surface area contributed by atoms with Gasteiger partial charge in [0, 0.05) is 19.0 Å². The van der Waals surface area contributed by atoms with Crippen LogP contribution in [0.3, 0.4) is 0 Å². The van der Waals surface area contributed by atoms with Gasteiger partial charge in [-0.15, -0.1) is 0 Å². The number of methoxy groups -OCH3 is 1. The van der Waals surface area contributed by atoms with Crippen molar-refractivity contribution >= 4 is 0 Å². The molecular formula is C18H29NO3. The topological polar surface area (TPSA) is 41.9 Å². The molecule has 0 spiro atoms. The van der Waals surface area contributed by atoms with E-state index in [1.54, 1.807) is 7.11 Å². The normalized spacial score (nSPS) is 22.8. The SMILES string of the molecule is CCN1CCC(O)C(Cc2ccc(OC)c(OC(C)C)c2)C1. The van der Waals surface area contributed by atoms with Crippen molar-refractivity contribution in [2.75, 3.05) is 26.7 Å². The van der Waals surface area contributed by atoms with Crippen molar-refractivity contribution < 1.29 is 14.6 Å². The maximum atomic E-state index is 10.3. The van der Waals surface area contributed by atoms with Crippen LogP contribution < -0.4 is 9.47 Å². The molecule has 0 amide bonds. The number of nitrogens with zero attached hydrogens (tertiary/aromatic N) is 1. The number of aliphatic hydroxyl groups is 1. The van der Waals surface area contributed by atoms with Crippen LogP contribution in [0, 0.1) is 5.92 Å². The van der Waals surface area contributed by atoms with Gasteiger partial charge >= 0.3 is 0 Å². The van der Waals surface area contributed by atoms with E-state index in [9.17, 15) is 5.11 Å². The Bertz CT molecular complexity index is 475. The van der Waals surface area contributed by atoms with Gasteiger partial charge < -0.3 is 19.5 Å². The van der Waals surface area contributed by atoms with Gasteiger partial charge in [-0.05, 0) is 50.9 Å². The fourth-order valence-electron chi connectivity index (χ4n) is 3.08. The van der Waals surface area contributed by atoms with Crippen molar-refractivity contribution in [3.8, 4) is 11.5 Å². The monoisotopic (exact) mass is 307 g/mol. The lowest BCUT2D eigenvalue weighted by atomic mass is 9.88. The van der Waals surface area contributed by atoms with Gasteiger partial charge in [0.2, 0.25) is 0 Å². The highest BCUT2D eigenvalue weighted by Gasteiger charge is 2.27. The summed E-state index contributed by atoms with van der Waals surface area (Å²) in [6, 6.07) is 6.08. The Morgan fingerprint density at radius 3 is 2.73 bits per heavy atom. The molecule has 0 saturated carbocycles. The minimum atomic E-state index is -0.209. The molecule has 0 aromatic heterocycles. The zero-order chi connectivity index (χ0) is 16.1. The van der Waals surface area contributed by atoms with Gasteiger partial charge in [-0.2, -0.15) is 0 Å². The Morgan fingerprint density at radius 1 is 1.32 bits per heavy atom. The molecule has 1 N–H and O–H groups in total. The Kier molecular flexibility index (Phi) is 6.09. The maximum absolute atomic E-state index is 10.3. The first-order valence-electron chi connectivity index (χ1n) is 8.27. The summed E-state index contributed by atoms with van der Waals surface area (Å²) in [7, 11) is 1.66. The largest absolute Gasteiger partial charge is 0.493 e. The highest BCUT2D eigenvalue weighted by atomic mass is 16.5. The lowest BCUT2D eigenvalue weighted by Gasteiger charge is -2.35. The van der Waals surface area contributed by atoms with Crippen LogP contribution in [0.1, 0.15) is 32.8 Å². The van der Waals surface area contributed by atoms with Gasteiger partial charge in [-0.25, -0.2) is 0 Å². The Hall–Kier alpha value is -1.26. The van der Waals surface area contributed by atoms with Crippen molar-refractivity contribution in [2.24, 2.45) is 5.92 Å². The van der Waals surface area contributed by atoms with Gasteiger partial charge in [-0.1, -0.05) is 13.0 Å². The zero-order valence-corrected chi connectivity index (χ0v) is 14.2. The Labute approximate surface area is 134 Å². The standard InChI is InChI=1S/C18H29NO3/c1-5-19-9-8-16(20)15(12-19)10-14-6-7-17(21-4)18(11-14)22-13(2)3/h6-7,11,13,15-16,20H,5,8-10,12H2,1-4H3. The van der Waals surface area contributed by atoms with Crippen LogP contribution >= 0.6 is 0 Å². The molecule has 2 atom stereocenters. The first-order valence-corrected chi connectivity index (χ1v) is 8.27. The molecule has 2 rings (SSSR count). The van der Waals surface area contributed by atoms with Crippen LogP contribution in [0.25, 0.3) is 0 Å². The number of hydrogen-bond acceptors (Lipinski definition) is 4. The number of aliphatic hydroxyl groups excluding tert-OH is 1. The van der Waals surface area contributed by atoms with Crippen LogP contribution in [0.4, 0.5) is 0 Å². The summed E-state index contributed by atoms with van der Waals surface area (Å²) in [6.07, 6.45) is 1.64. The predicted molar refractivity (Wildman–Crippen MR) is 88.7 cm³/mol. The zero-order valence-electron chi connectivity index (χ0n) is 14.2. The lowest BCUT2D eigenvalue weighted by molar-refractivity contribution is 0.0290. The van der Waals surface area contributed by atoms with E-state index in [-0.39, 0.29) is 18.1 Å². The molecule has 1 aliphatic heterocycles. The maximum Gasteiger partial charge on any atom is 0.161 e. The Morgan fingerprint density at radius 2 is 2.09 bits per heavy atom. The first kappa shape index (κ1) is 17.1. The molecule has 1 saturated heterocycles. The fraction of sp³-hybridized carbons (Fsp3) is 0.667. The van der Waals surface area contributed by atoms with Gasteiger partial charge in [0.1, 0.15) is 0 Å². The van der Waals surface area contributed by atoms with E-state index in [0.29, 0.717) is 0 Å². The molecule has 1 aromatic carbocycles. The quantitative estimate of drug-likeness (QED) is 0.877. The molecule has 4 nitrogen and oxygen atoms in total. The third-order valence-electron chi connectivity index (χ3n) is 4.31. The number of benzene rings is 1. The molecule has 124 valence electrons. The number of hydrogen-bond donors (Lipinski definition) is 1. The molecule has 22 heavy (non-hydrogen) atoms. The minimum absolute atomic E-state index is 0.111. The molecule has 1 heterocycles. The number of likely N-dealkylation sites (tertiary alicyclic amines) is 1. The third-order valence-corrected chi connectivity index (χ3v) is 4.31. The molecule has 0 aliphatic carbocycles. The summed E-state index contributed by atoms with van der Waals surface area (Å²) in [6.45, 7) is 9.21. The smallest absolute Gasteiger partial charge is 0.161 e. The first-order chi connectivity index (χ1) is 10.5. The number of ether oxygens (including phenoxy) is 2. The third kappa shape index (κ3) is 4.37. The van der Waals surface area contributed by atoms with E-state index >= 15 is 0 Å². The van der Waals surface area contributed by atoms with Crippen LogP contribution in [0.5, 0.6) is 11.5 Å². The average molecular weight is 307 g/mol. The second-order valence-electron chi connectivity index (χ2n) is 6.37. The predicted octanol–water partition coefficient (Wildman–Crippen LogP) is 2.73. The molecule has 0 bridgehead atoms. The van der Waals surface area contributed by atoms with Crippen molar-refractivity contribution in [1.82, 2.24) is 4.90 Å². The van der Waals surface area contributed by atoms with Crippen LogP contribution in [0.15, 0.2) is 18.2 Å². The molecular weight excluding hydrogens is 278 g/mol. The van der Waals surface area contributed by atoms with E-state index < -0.39 is 0 Å². The van der Waals surface area contributed by atoms with Gasteiger partial charge in [0.25, 0.3) is 0 Å². The number of rotatable bonds is 6. The summed E-state index contributed by atoms with van der Waals surface area (Å²) >= 11 is 0. The van der Waals surface area contributed by atoms with Gasteiger partial charge in [-0.3, -0.25) is 0 Å². The van der Waals surface area contributed by atoms with Crippen molar-refractivity contribution in [2.45, 2.75) is 45.8 Å². The minimum Gasteiger partial charge on any atom is -0.493 e. The summed E-state index contributed by atoms with van der Waals surface area (Å²) in [5.41, 5.74) is 1.19. The molecule has 2 unspecified atom stereocenters. The van der Waals surface area contributed by atoms with Crippen molar-refractivity contribution in [1.29, 1.82) is 0 Å². The van der Waals surface area contributed by atoms with Gasteiger partial charge in [0.05, 0.1) is 19.3 Å². The van der Waals surface area contributed by atoms with E-state index in [0.717, 1.165) is 44.0 Å². The Balaban J connectivity index is 2.11. The summed E-state index contributed by atoms with van der Waals surface area (Å²) in [5.74, 6) is 1.83. The summed E-state index contributed by atoms with van der Waals surface area (Å²) in [4.78, 5) is 2.41. The van der Waals surface area contributed by atoms with Gasteiger partial charge in [0.15, 0.2) is 11.5 Å².